The number of carbonyl (C=O) groups is 1. The monoisotopic (exact) mass is 238 g/mol. The summed E-state index contributed by atoms with van der Waals surface area (Å²) in [7, 11) is 0. The molecule has 0 bridgehead atoms. The van der Waals surface area contributed by atoms with Gasteiger partial charge in [-0.3, -0.25) is 0 Å². The Morgan fingerprint density at radius 2 is 1.83 bits per heavy atom. The first kappa shape index (κ1) is 10.6. The second kappa shape index (κ2) is 4.04. The number of fused-ring (bicyclic) bond motifs is 3. The average molecular weight is 238 g/mol. The van der Waals surface area contributed by atoms with E-state index in [4.69, 9.17) is 9.52 Å². The van der Waals surface area contributed by atoms with Gasteiger partial charge in [0.1, 0.15) is 11.2 Å². The quantitative estimate of drug-likeness (QED) is 0.693. The van der Waals surface area contributed by atoms with E-state index in [1.54, 1.807) is 6.08 Å². The molecule has 2 aromatic carbocycles. The van der Waals surface area contributed by atoms with E-state index < -0.39 is 5.97 Å². The van der Waals surface area contributed by atoms with Crippen molar-refractivity contribution in [3.8, 4) is 0 Å². The van der Waals surface area contributed by atoms with Gasteiger partial charge in [-0.05, 0) is 29.8 Å². The zero-order valence-electron chi connectivity index (χ0n) is 9.46. The van der Waals surface area contributed by atoms with Crippen molar-refractivity contribution in [1.82, 2.24) is 0 Å². The number of rotatable bonds is 2. The first-order valence-corrected chi connectivity index (χ1v) is 5.56. The van der Waals surface area contributed by atoms with Crippen LogP contribution in [0.5, 0.6) is 0 Å². The Bertz CT molecular complexity index is 766. The fourth-order valence-corrected chi connectivity index (χ4v) is 2.01. The van der Waals surface area contributed by atoms with E-state index in [0.29, 0.717) is 0 Å². The zero-order valence-corrected chi connectivity index (χ0v) is 9.46. The van der Waals surface area contributed by atoms with Gasteiger partial charge < -0.3 is 9.52 Å². The van der Waals surface area contributed by atoms with Gasteiger partial charge in [0.15, 0.2) is 0 Å². The normalized spacial score (nSPS) is 11.6. The third kappa shape index (κ3) is 1.76. The highest BCUT2D eigenvalue weighted by atomic mass is 16.4. The minimum absolute atomic E-state index is 0.767. The van der Waals surface area contributed by atoms with Gasteiger partial charge in [-0.1, -0.05) is 24.3 Å². The van der Waals surface area contributed by atoms with Crippen molar-refractivity contribution in [2.24, 2.45) is 0 Å². The maximum Gasteiger partial charge on any atom is 0.328 e. The molecule has 1 heterocycles. The van der Waals surface area contributed by atoms with E-state index in [2.05, 4.69) is 0 Å². The average Bonchev–Trinajstić information content (AvgIpc) is 2.73. The molecule has 3 rings (SSSR count). The van der Waals surface area contributed by atoms with Crippen LogP contribution < -0.4 is 0 Å². The third-order valence-electron chi connectivity index (χ3n) is 2.82. The van der Waals surface area contributed by atoms with Crippen LogP contribution in [0, 0.1) is 0 Å². The predicted octanol–water partition coefficient (Wildman–Crippen LogP) is 3.68. The summed E-state index contributed by atoms with van der Waals surface area (Å²) in [5.74, 6) is -0.959. The number of para-hydroxylation sites is 1. The Hall–Kier alpha value is -2.55. The van der Waals surface area contributed by atoms with Crippen molar-refractivity contribution in [2.45, 2.75) is 0 Å². The van der Waals surface area contributed by atoms with Crippen LogP contribution in [0.1, 0.15) is 5.56 Å². The molecule has 0 radical (unpaired) electrons. The van der Waals surface area contributed by atoms with E-state index in [1.165, 1.54) is 0 Å². The highest BCUT2D eigenvalue weighted by Gasteiger charge is 2.05. The van der Waals surface area contributed by atoms with E-state index in [-0.39, 0.29) is 0 Å². The van der Waals surface area contributed by atoms with Crippen molar-refractivity contribution in [1.29, 1.82) is 0 Å². The highest BCUT2D eigenvalue weighted by Crippen LogP contribution is 2.29. The Morgan fingerprint density at radius 1 is 1.06 bits per heavy atom. The Balaban J connectivity index is 2.18. The molecule has 0 fully saturated rings. The molecule has 18 heavy (non-hydrogen) atoms. The summed E-state index contributed by atoms with van der Waals surface area (Å²) in [5.41, 5.74) is 2.42. The van der Waals surface area contributed by atoms with Crippen molar-refractivity contribution in [2.75, 3.05) is 0 Å². The topological polar surface area (TPSA) is 50.4 Å². The van der Waals surface area contributed by atoms with Crippen LogP contribution in [-0.2, 0) is 4.79 Å². The molecule has 0 saturated heterocycles. The predicted molar refractivity (Wildman–Crippen MR) is 70.4 cm³/mol. The number of carboxylic acid groups (broad SMARTS) is 1. The summed E-state index contributed by atoms with van der Waals surface area (Å²) in [4.78, 5) is 10.5. The smallest absolute Gasteiger partial charge is 0.328 e. The van der Waals surface area contributed by atoms with Crippen LogP contribution >= 0.6 is 0 Å². The highest BCUT2D eigenvalue weighted by molar-refractivity contribution is 6.05. The van der Waals surface area contributed by atoms with E-state index in [9.17, 15) is 4.79 Å². The summed E-state index contributed by atoms with van der Waals surface area (Å²) in [6, 6.07) is 13.5. The number of hydrogen-bond acceptors (Lipinski definition) is 2. The van der Waals surface area contributed by atoms with E-state index >= 15 is 0 Å². The molecular formula is C15H10O3. The largest absolute Gasteiger partial charge is 0.478 e. The maximum atomic E-state index is 10.5. The fraction of sp³-hybridized carbons (Fsp3) is 0. The number of hydrogen-bond donors (Lipinski definition) is 1. The lowest BCUT2D eigenvalue weighted by Crippen LogP contribution is -1.85. The van der Waals surface area contributed by atoms with E-state index in [0.717, 1.165) is 33.6 Å². The maximum absolute atomic E-state index is 10.5. The number of benzene rings is 2. The molecule has 0 saturated carbocycles. The van der Waals surface area contributed by atoms with Gasteiger partial charge in [0.2, 0.25) is 0 Å². The Labute approximate surface area is 103 Å². The van der Waals surface area contributed by atoms with Gasteiger partial charge in [0, 0.05) is 16.8 Å². The number of carboxylic acids is 1. The molecule has 0 aliphatic heterocycles. The zero-order chi connectivity index (χ0) is 12.5. The number of furan rings is 1. The number of aliphatic carboxylic acids is 1. The lowest BCUT2D eigenvalue weighted by atomic mass is 10.1. The molecule has 88 valence electrons. The molecule has 0 aliphatic carbocycles. The first-order valence-electron chi connectivity index (χ1n) is 5.56. The molecule has 0 amide bonds. The first-order chi connectivity index (χ1) is 8.74. The second-order valence-electron chi connectivity index (χ2n) is 4.03. The standard InChI is InChI=1S/C15H10O3/c16-15(17)8-6-10-5-7-12-11-3-1-2-4-13(11)18-14(12)9-10/h1-9H,(H,16,17)/b8-6+. The van der Waals surface area contributed by atoms with Gasteiger partial charge in [-0.15, -0.1) is 0 Å². The molecule has 1 N–H and O–H groups in total. The van der Waals surface area contributed by atoms with Crippen molar-refractivity contribution < 1.29 is 14.3 Å². The van der Waals surface area contributed by atoms with Crippen molar-refractivity contribution >= 4 is 34.0 Å². The van der Waals surface area contributed by atoms with Crippen LogP contribution in [0.4, 0.5) is 0 Å². The van der Waals surface area contributed by atoms with Gasteiger partial charge in [0.25, 0.3) is 0 Å². The van der Waals surface area contributed by atoms with Crippen molar-refractivity contribution in [3.05, 3.63) is 54.1 Å². The van der Waals surface area contributed by atoms with Crippen LogP contribution in [0.15, 0.2) is 53.0 Å². The minimum Gasteiger partial charge on any atom is -0.478 e. The molecule has 0 atom stereocenters. The van der Waals surface area contributed by atoms with Gasteiger partial charge in [0.05, 0.1) is 0 Å². The lowest BCUT2D eigenvalue weighted by molar-refractivity contribution is -0.131. The molecule has 3 aromatic rings. The lowest BCUT2D eigenvalue weighted by Gasteiger charge is -1.92. The summed E-state index contributed by atoms with van der Waals surface area (Å²) in [6.07, 6.45) is 2.67. The molecular weight excluding hydrogens is 228 g/mol. The van der Waals surface area contributed by atoms with Gasteiger partial charge in [-0.2, -0.15) is 0 Å². The summed E-state index contributed by atoms with van der Waals surface area (Å²) >= 11 is 0. The summed E-state index contributed by atoms with van der Waals surface area (Å²) in [5, 5.41) is 10.7. The summed E-state index contributed by atoms with van der Waals surface area (Å²) < 4.78 is 5.72. The van der Waals surface area contributed by atoms with Crippen molar-refractivity contribution in [3.63, 3.8) is 0 Å². The molecule has 1 aromatic heterocycles. The molecule has 0 aliphatic rings. The second-order valence-corrected chi connectivity index (χ2v) is 4.03. The molecule has 3 nitrogen and oxygen atoms in total. The fourth-order valence-electron chi connectivity index (χ4n) is 2.01. The van der Waals surface area contributed by atoms with E-state index in [1.807, 2.05) is 42.5 Å². The van der Waals surface area contributed by atoms with Gasteiger partial charge in [-0.25, -0.2) is 4.79 Å². The molecule has 0 spiro atoms. The molecule has 3 heteroatoms. The molecule has 0 unspecified atom stereocenters. The van der Waals surface area contributed by atoms with Crippen LogP contribution in [0.2, 0.25) is 0 Å². The summed E-state index contributed by atoms with van der Waals surface area (Å²) in [6.45, 7) is 0. The minimum atomic E-state index is -0.959. The Kier molecular flexibility index (Phi) is 2.38. The van der Waals surface area contributed by atoms with Crippen LogP contribution in [-0.4, -0.2) is 11.1 Å². The Morgan fingerprint density at radius 3 is 2.67 bits per heavy atom. The van der Waals surface area contributed by atoms with Crippen LogP contribution in [0.3, 0.4) is 0 Å². The van der Waals surface area contributed by atoms with Crippen LogP contribution in [0.25, 0.3) is 28.0 Å². The van der Waals surface area contributed by atoms with Gasteiger partial charge >= 0.3 is 5.97 Å². The SMILES string of the molecule is O=C(O)/C=C/c1ccc2c(c1)oc1ccccc12. The third-order valence-corrected chi connectivity index (χ3v) is 2.82.